The number of hydrogen-bond donors (Lipinski definition) is 0. The number of fused-ring (bicyclic) bond motifs is 4. The van der Waals surface area contributed by atoms with Gasteiger partial charge in [-0.1, -0.05) is 0 Å². The highest BCUT2D eigenvalue weighted by Gasteiger charge is 2.57. The van der Waals surface area contributed by atoms with Gasteiger partial charge in [-0.2, -0.15) is 0 Å². The summed E-state index contributed by atoms with van der Waals surface area (Å²) < 4.78 is 23.6. The number of carbonyl (C=O) groups is 3. The van der Waals surface area contributed by atoms with Crippen molar-refractivity contribution in [2.75, 3.05) is 26.2 Å². The van der Waals surface area contributed by atoms with E-state index < -0.39 is 22.4 Å². The van der Waals surface area contributed by atoms with E-state index in [1.165, 1.54) is 0 Å². The maximum absolute atomic E-state index is 13.8. The van der Waals surface area contributed by atoms with Gasteiger partial charge in [-0.3, -0.25) is 14.4 Å². The molecule has 0 saturated carbocycles. The van der Waals surface area contributed by atoms with Crippen LogP contribution in [0.15, 0.2) is 24.3 Å². The predicted octanol–water partition coefficient (Wildman–Crippen LogP) is 4.51. The molecule has 2 saturated heterocycles. The van der Waals surface area contributed by atoms with Crippen LogP contribution >= 0.6 is 0 Å². The van der Waals surface area contributed by atoms with Crippen LogP contribution in [0.25, 0.3) is 0 Å². The summed E-state index contributed by atoms with van der Waals surface area (Å²) >= 11 is 0. The van der Waals surface area contributed by atoms with Gasteiger partial charge in [0.1, 0.15) is 0 Å². The van der Waals surface area contributed by atoms with Crippen LogP contribution in [0.2, 0.25) is 0 Å². The quantitative estimate of drug-likeness (QED) is 0.545. The molecule has 4 aliphatic rings. The number of aryl methyl sites for hydroxylation is 2. The molecule has 0 unspecified atom stereocenters. The topological polar surface area (TPSA) is 94.6 Å². The zero-order valence-electron chi connectivity index (χ0n) is 24.4. The maximum atomic E-state index is 13.8. The molecule has 0 aromatic heterocycles. The first-order valence-corrected chi connectivity index (χ1v) is 13.7. The molecule has 6 rings (SSSR count). The van der Waals surface area contributed by atoms with Crippen molar-refractivity contribution in [2.45, 2.75) is 67.0 Å². The molecule has 0 spiro atoms. The third-order valence-corrected chi connectivity index (χ3v) is 8.21. The fraction of sp³-hybridized carbons (Fsp3) is 0.516. The summed E-state index contributed by atoms with van der Waals surface area (Å²) in [6.07, 6.45) is 0. The molecule has 0 atom stereocenters. The largest absolute Gasteiger partial charge is 0.449 e. The van der Waals surface area contributed by atoms with E-state index in [0.717, 1.165) is 11.1 Å². The van der Waals surface area contributed by atoms with E-state index in [-0.39, 0.29) is 43.8 Å². The Hall–Kier alpha value is -3.75. The number of ketones is 1. The minimum Gasteiger partial charge on any atom is -0.449 e. The van der Waals surface area contributed by atoms with E-state index >= 15 is 0 Å². The summed E-state index contributed by atoms with van der Waals surface area (Å²) in [5, 5.41) is 0. The summed E-state index contributed by atoms with van der Waals surface area (Å²) in [5.41, 5.74) is 0.801. The molecule has 2 fully saturated rings. The number of amides is 2. The van der Waals surface area contributed by atoms with Crippen LogP contribution in [0.4, 0.5) is 0 Å². The molecule has 212 valence electrons. The summed E-state index contributed by atoms with van der Waals surface area (Å²) in [6.45, 7) is 15.7. The number of likely N-dealkylation sites (tertiary alicyclic amines) is 2. The second-order valence-electron chi connectivity index (χ2n) is 13.2. The molecule has 2 amide bonds. The lowest BCUT2D eigenvalue weighted by Crippen LogP contribution is -2.69. The van der Waals surface area contributed by atoms with Gasteiger partial charge in [-0.25, -0.2) is 0 Å². The fourth-order valence-electron chi connectivity index (χ4n) is 6.77. The van der Waals surface area contributed by atoms with Crippen molar-refractivity contribution in [2.24, 2.45) is 10.8 Å². The Morgan fingerprint density at radius 2 is 0.975 bits per heavy atom. The van der Waals surface area contributed by atoms with Crippen molar-refractivity contribution >= 4 is 17.6 Å². The second kappa shape index (κ2) is 8.15. The number of rotatable bonds is 2. The highest BCUT2D eigenvalue weighted by Crippen LogP contribution is 2.46. The Kier molecular flexibility index (Phi) is 5.39. The molecular weight excluding hydrogens is 512 g/mol. The summed E-state index contributed by atoms with van der Waals surface area (Å²) in [5.74, 6) is 0.512. The zero-order valence-corrected chi connectivity index (χ0v) is 24.4. The Morgan fingerprint density at radius 1 is 0.625 bits per heavy atom. The van der Waals surface area contributed by atoms with Crippen molar-refractivity contribution in [3.63, 3.8) is 0 Å². The van der Waals surface area contributed by atoms with Gasteiger partial charge in [0.2, 0.25) is 11.6 Å². The molecule has 9 heteroatoms. The monoisotopic (exact) mass is 548 g/mol. The molecule has 4 aliphatic heterocycles. The van der Waals surface area contributed by atoms with Gasteiger partial charge in [-0.15, -0.1) is 0 Å². The van der Waals surface area contributed by atoms with Crippen molar-refractivity contribution in [1.29, 1.82) is 0 Å². The first kappa shape index (κ1) is 26.5. The number of benzene rings is 2. The van der Waals surface area contributed by atoms with Crippen LogP contribution in [0, 0.1) is 24.7 Å². The Labute approximate surface area is 234 Å². The van der Waals surface area contributed by atoms with Crippen LogP contribution in [0.3, 0.4) is 0 Å². The van der Waals surface area contributed by atoms with Gasteiger partial charge in [0.15, 0.2) is 28.8 Å². The third kappa shape index (κ3) is 4.09. The number of nitrogens with zero attached hydrogens (tertiary/aromatic N) is 2. The SMILES string of the molecule is Cc1cc(C(=O)N2CC3(C)CN(C(=O)c4cc(C)c5c(c4)OC(C)(C)O5)CC(C)(C2)C3=O)cc2c1OC(C)(C)O2. The lowest BCUT2D eigenvalue weighted by molar-refractivity contribution is -0.153. The smallest absolute Gasteiger partial charge is 0.254 e. The van der Waals surface area contributed by atoms with E-state index in [2.05, 4.69) is 0 Å². The lowest BCUT2D eigenvalue weighted by atomic mass is 9.64. The van der Waals surface area contributed by atoms with Gasteiger partial charge in [0, 0.05) is 65.0 Å². The first-order chi connectivity index (χ1) is 18.5. The third-order valence-electron chi connectivity index (χ3n) is 8.21. The molecule has 0 N–H and O–H groups in total. The van der Waals surface area contributed by atoms with Gasteiger partial charge in [0.25, 0.3) is 11.8 Å². The maximum Gasteiger partial charge on any atom is 0.254 e. The Morgan fingerprint density at radius 3 is 1.32 bits per heavy atom. The van der Waals surface area contributed by atoms with E-state index in [4.69, 9.17) is 18.9 Å². The van der Waals surface area contributed by atoms with Crippen LogP contribution in [0.5, 0.6) is 23.0 Å². The molecule has 2 aromatic carbocycles. The molecule has 40 heavy (non-hydrogen) atoms. The van der Waals surface area contributed by atoms with E-state index in [9.17, 15) is 14.4 Å². The number of Topliss-reactive ketones (excluding diaryl/α,β-unsaturated/α-hetero) is 1. The van der Waals surface area contributed by atoms with Crippen LogP contribution in [-0.2, 0) is 4.79 Å². The highest BCUT2D eigenvalue weighted by molar-refractivity contribution is 6.01. The fourth-order valence-corrected chi connectivity index (χ4v) is 6.77. The Balaban J connectivity index is 1.25. The normalized spacial score (nSPS) is 27.1. The van der Waals surface area contributed by atoms with E-state index in [1.54, 1.807) is 21.9 Å². The second-order valence-corrected chi connectivity index (χ2v) is 13.2. The molecule has 9 nitrogen and oxygen atoms in total. The lowest BCUT2D eigenvalue weighted by Gasteiger charge is -2.55. The summed E-state index contributed by atoms with van der Waals surface area (Å²) in [6, 6.07) is 7.05. The number of ether oxygens (including phenoxy) is 4. The number of piperidine rings is 2. The Bertz CT molecular complexity index is 1370. The number of carbonyl (C=O) groups excluding carboxylic acids is 3. The van der Waals surface area contributed by atoms with Crippen molar-refractivity contribution in [3.05, 3.63) is 46.5 Å². The van der Waals surface area contributed by atoms with Crippen molar-refractivity contribution in [1.82, 2.24) is 9.80 Å². The standard InChI is InChI=1S/C31H36N2O7/c1-17-9-19(11-21-23(17)39-28(3,4)37-21)25(34)32-13-30(7)15-33(16-31(8,14-32)27(30)36)26(35)20-10-18(2)24-22(12-20)38-29(5,6)40-24/h9-12H,13-16H2,1-8H3. The number of hydrogen-bond acceptors (Lipinski definition) is 7. The van der Waals surface area contributed by atoms with Crippen molar-refractivity contribution in [3.8, 4) is 23.0 Å². The van der Waals surface area contributed by atoms with Gasteiger partial charge in [0.05, 0.1) is 10.8 Å². The molecule has 2 aromatic rings. The van der Waals surface area contributed by atoms with Crippen LogP contribution in [0.1, 0.15) is 73.4 Å². The highest BCUT2D eigenvalue weighted by atomic mass is 16.7. The predicted molar refractivity (Wildman–Crippen MR) is 146 cm³/mol. The summed E-state index contributed by atoms with van der Waals surface area (Å²) in [7, 11) is 0. The van der Waals surface area contributed by atoms with E-state index in [1.807, 2.05) is 67.5 Å². The summed E-state index contributed by atoms with van der Waals surface area (Å²) in [4.78, 5) is 44.7. The first-order valence-electron chi connectivity index (χ1n) is 13.7. The van der Waals surface area contributed by atoms with Crippen molar-refractivity contribution < 1.29 is 33.3 Å². The minimum atomic E-state index is -0.905. The van der Waals surface area contributed by atoms with Crippen LogP contribution in [-0.4, -0.2) is 65.2 Å². The molecule has 0 aliphatic carbocycles. The van der Waals surface area contributed by atoms with Gasteiger partial charge >= 0.3 is 0 Å². The molecular formula is C31H36N2O7. The molecule has 4 heterocycles. The van der Waals surface area contributed by atoms with E-state index in [0.29, 0.717) is 34.1 Å². The zero-order chi connectivity index (χ0) is 29.0. The van der Waals surface area contributed by atoms with Gasteiger partial charge in [-0.05, 0) is 63.1 Å². The van der Waals surface area contributed by atoms with Crippen LogP contribution < -0.4 is 18.9 Å². The van der Waals surface area contributed by atoms with Gasteiger partial charge < -0.3 is 28.7 Å². The minimum absolute atomic E-state index is 0.0836. The molecule has 0 radical (unpaired) electrons. The molecule has 2 bridgehead atoms. The average molecular weight is 549 g/mol. The average Bonchev–Trinajstić information content (AvgIpc) is 3.33.